The predicted octanol–water partition coefficient (Wildman–Crippen LogP) is 2.29. The highest BCUT2D eigenvalue weighted by molar-refractivity contribution is 5.77. The minimum atomic E-state index is -0.0733. The molecule has 0 heterocycles. The Balaban J connectivity index is 2.37. The molecule has 0 saturated carbocycles. The first kappa shape index (κ1) is 12.6. The Labute approximate surface area is 96.8 Å². The second-order valence-electron chi connectivity index (χ2n) is 3.98. The number of carbonyl (C=O) groups is 1. The summed E-state index contributed by atoms with van der Waals surface area (Å²) < 4.78 is 5.38. The van der Waals surface area contributed by atoms with Gasteiger partial charge in [-0.15, -0.1) is 0 Å². The smallest absolute Gasteiger partial charge is 0.258 e. The van der Waals surface area contributed by atoms with Crippen LogP contribution in [0.3, 0.4) is 0 Å². The second-order valence-corrected chi connectivity index (χ2v) is 3.98. The van der Waals surface area contributed by atoms with Gasteiger partial charge in [0.15, 0.2) is 6.61 Å². The lowest BCUT2D eigenvalue weighted by atomic mass is 10.2. The van der Waals surface area contributed by atoms with E-state index in [1.54, 1.807) is 0 Å². The molecule has 0 radical (unpaired) electrons. The zero-order valence-corrected chi connectivity index (χ0v) is 10.1. The van der Waals surface area contributed by atoms with E-state index in [0.29, 0.717) is 0 Å². The van der Waals surface area contributed by atoms with Gasteiger partial charge in [0.2, 0.25) is 0 Å². The quantitative estimate of drug-likeness (QED) is 0.828. The molecule has 0 aromatic heterocycles. The van der Waals surface area contributed by atoms with Crippen molar-refractivity contribution in [3.63, 3.8) is 0 Å². The molecule has 1 aromatic rings. The molecule has 3 heteroatoms. The van der Waals surface area contributed by atoms with Crippen LogP contribution in [0, 0.1) is 6.92 Å². The van der Waals surface area contributed by atoms with Gasteiger partial charge in [0.25, 0.3) is 5.91 Å². The molecular formula is C13H19NO2. The highest BCUT2D eigenvalue weighted by Crippen LogP contribution is 2.11. The third-order valence-electron chi connectivity index (χ3n) is 2.38. The molecule has 0 aliphatic heterocycles. The summed E-state index contributed by atoms with van der Waals surface area (Å²) in [5.74, 6) is 0.662. The topological polar surface area (TPSA) is 38.3 Å². The minimum Gasteiger partial charge on any atom is -0.484 e. The maximum atomic E-state index is 11.4. The molecule has 1 amide bonds. The van der Waals surface area contributed by atoms with Crippen molar-refractivity contribution in [1.29, 1.82) is 0 Å². The summed E-state index contributed by atoms with van der Waals surface area (Å²) in [6, 6.07) is 7.87. The van der Waals surface area contributed by atoms with Crippen LogP contribution in [-0.2, 0) is 4.79 Å². The van der Waals surface area contributed by atoms with Gasteiger partial charge in [0.05, 0.1) is 0 Å². The Kier molecular flexibility index (Phi) is 4.83. The van der Waals surface area contributed by atoms with Crippen molar-refractivity contribution in [2.45, 2.75) is 33.2 Å². The van der Waals surface area contributed by atoms with Crippen LogP contribution in [-0.4, -0.2) is 18.6 Å². The van der Waals surface area contributed by atoms with E-state index in [1.165, 1.54) is 0 Å². The molecule has 0 aliphatic carbocycles. The Hall–Kier alpha value is -1.51. The van der Waals surface area contributed by atoms with Crippen LogP contribution in [0.15, 0.2) is 24.3 Å². The van der Waals surface area contributed by atoms with E-state index < -0.39 is 0 Å². The summed E-state index contributed by atoms with van der Waals surface area (Å²) in [5.41, 5.74) is 1.12. The summed E-state index contributed by atoms with van der Waals surface area (Å²) in [6.07, 6.45) is 0.927. The van der Waals surface area contributed by atoms with Crippen molar-refractivity contribution in [3.05, 3.63) is 29.8 Å². The highest BCUT2D eigenvalue weighted by Gasteiger charge is 2.05. The van der Waals surface area contributed by atoms with Crippen molar-refractivity contribution in [1.82, 2.24) is 5.32 Å². The molecule has 1 rings (SSSR count). The van der Waals surface area contributed by atoms with Gasteiger partial charge in [-0.1, -0.05) is 19.1 Å². The first-order chi connectivity index (χ1) is 7.61. The molecular weight excluding hydrogens is 202 g/mol. The van der Waals surface area contributed by atoms with Gasteiger partial charge in [-0.3, -0.25) is 4.79 Å². The van der Waals surface area contributed by atoms with E-state index in [0.717, 1.165) is 17.7 Å². The lowest BCUT2D eigenvalue weighted by Crippen LogP contribution is -2.35. The van der Waals surface area contributed by atoms with E-state index in [9.17, 15) is 4.79 Å². The summed E-state index contributed by atoms with van der Waals surface area (Å²) in [5, 5.41) is 2.85. The number of carbonyl (C=O) groups excluding carboxylic acids is 1. The van der Waals surface area contributed by atoms with Crippen LogP contribution in [0.25, 0.3) is 0 Å². The SMILES string of the molecule is CC[C@@H](C)NC(=O)COc1cccc(C)c1. The number of hydrogen-bond acceptors (Lipinski definition) is 2. The van der Waals surface area contributed by atoms with Gasteiger partial charge in [-0.2, -0.15) is 0 Å². The Bertz CT molecular complexity index is 350. The molecule has 0 spiro atoms. The van der Waals surface area contributed by atoms with Crippen LogP contribution >= 0.6 is 0 Å². The number of aryl methyl sites for hydroxylation is 1. The standard InChI is InChI=1S/C13H19NO2/c1-4-11(3)14-13(15)9-16-12-7-5-6-10(2)8-12/h5-8,11H,4,9H2,1-3H3,(H,14,15)/t11-/m1/s1. The zero-order valence-electron chi connectivity index (χ0n) is 10.1. The maximum absolute atomic E-state index is 11.4. The average Bonchev–Trinajstić information content (AvgIpc) is 2.26. The van der Waals surface area contributed by atoms with Crippen LogP contribution in [0.5, 0.6) is 5.75 Å². The lowest BCUT2D eigenvalue weighted by Gasteiger charge is -2.12. The highest BCUT2D eigenvalue weighted by atomic mass is 16.5. The van der Waals surface area contributed by atoms with E-state index in [4.69, 9.17) is 4.74 Å². The number of nitrogens with one attached hydrogen (secondary N) is 1. The van der Waals surface area contributed by atoms with Crippen LogP contribution < -0.4 is 10.1 Å². The minimum absolute atomic E-state index is 0.0733. The molecule has 3 nitrogen and oxygen atoms in total. The Morgan fingerprint density at radius 1 is 1.50 bits per heavy atom. The number of hydrogen-bond donors (Lipinski definition) is 1. The van der Waals surface area contributed by atoms with Crippen molar-refractivity contribution in [2.75, 3.05) is 6.61 Å². The van der Waals surface area contributed by atoms with Gasteiger partial charge in [0, 0.05) is 6.04 Å². The molecule has 0 fully saturated rings. The molecule has 1 N–H and O–H groups in total. The normalized spacial score (nSPS) is 11.9. The Morgan fingerprint density at radius 2 is 2.25 bits per heavy atom. The number of rotatable bonds is 5. The van der Waals surface area contributed by atoms with Gasteiger partial charge >= 0.3 is 0 Å². The summed E-state index contributed by atoms with van der Waals surface area (Å²) >= 11 is 0. The maximum Gasteiger partial charge on any atom is 0.258 e. The fourth-order valence-corrected chi connectivity index (χ4v) is 1.27. The number of amides is 1. The number of benzene rings is 1. The fourth-order valence-electron chi connectivity index (χ4n) is 1.27. The van der Waals surface area contributed by atoms with E-state index in [-0.39, 0.29) is 18.6 Å². The molecule has 1 atom stereocenters. The first-order valence-corrected chi connectivity index (χ1v) is 5.60. The monoisotopic (exact) mass is 221 g/mol. The largest absolute Gasteiger partial charge is 0.484 e. The second kappa shape index (κ2) is 6.16. The summed E-state index contributed by atoms with van der Waals surface area (Å²) in [4.78, 5) is 11.4. The fraction of sp³-hybridized carbons (Fsp3) is 0.462. The van der Waals surface area contributed by atoms with Gasteiger partial charge < -0.3 is 10.1 Å². The molecule has 88 valence electrons. The third kappa shape index (κ3) is 4.34. The van der Waals surface area contributed by atoms with Crippen LogP contribution in [0.2, 0.25) is 0 Å². The Morgan fingerprint density at radius 3 is 2.88 bits per heavy atom. The van der Waals surface area contributed by atoms with E-state index >= 15 is 0 Å². The number of ether oxygens (including phenoxy) is 1. The molecule has 0 saturated heterocycles. The molecule has 0 bridgehead atoms. The van der Waals surface area contributed by atoms with Crippen molar-refractivity contribution < 1.29 is 9.53 Å². The van der Waals surface area contributed by atoms with Gasteiger partial charge in [-0.25, -0.2) is 0 Å². The summed E-state index contributed by atoms with van der Waals surface area (Å²) in [6.45, 7) is 6.08. The molecule has 1 aromatic carbocycles. The third-order valence-corrected chi connectivity index (χ3v) is 2.38. The molecule has 16 heavy (non-hydrogen) atoms. The average molecular weight is 221 g/mol. The van der Waals surface area contributed by atoms with Gasteiger partial charge in [0.1, 0.15) is 5.75 Å². The van der Waals surface area contributed by atoms with Crippen molar-refractivity contribution >= 4 is 5.91 Å². The molecule has 0 aliphatic rings. The molecule has 0 unspecified atom stereocenters. The van der Waals surface area contributed by atoms with Crippen molar-refractivity contribution in [3.8, 4) is 5.75 Å². The van der Waals surface area contributed by atoms with Gasteiger partial charge in [-0.05, 0) is 38.0 Å². The lowest BCUT2D eigenvalue weighted by molar-refractivity contribution is -0.123. The van der Waals surface area contributed by atoms with Crippen molar-refractivity contribution in [2.24, 2.45) is 0 Å². The van der Waals surface area contributed by atoms with Crippen LogP contribution in [0.1, 0.15) is 25.8 Å². The van der Waals surface area contributed by atoms with E-state index in [1.807, 2.05) is 45.0 Å². The first-order valence-electron chi connectivity index (χ1n) is 5.60. The predicted molar refractivity (Wildman–Crippen MR) is 64.6 cm³/mol. The zero-order chi connectivity index (χ0) is 12.0. The van der Waals surface area contributed by atoms with Crippen LogP contribution in [0.4, 0.5) is 0 Å². The summed E-state index contributed by atoms with van der Waals surface area (Å²) in [7, 11) is 0. The van der Waals surface area contributed by atoms with E-state index in [2.05, 4.69) is 5.32 Å².